The van der Waals surface area contributed by atoms with E-state index in [0.29, 0.717) is 16.7 Å². The molecule has 0 saturated heterocycles. The van der Waals surface area contributed by atoms with Crippen molar-refractivity contribution in [1.82, 2.24) is 24.5 Å². The molecular formula is C25H17F4N5. The number of nitrogens with zero attached hydrogens (tertiary/aromatic N) is 5. The van der Waals surface area contributed by atoms with Gasteiger partial charge >= 0.3 is 6.18 Å². The van der Waals surface area contributed by atoms with Gasteiger partial charge in [-0.05, 0) is 47.9 Å². The molecule has 5 aromatic rings. The third-order valence-electron chi connectivity index (χ3n) is 5.57. The molecule has 34 heavy (non-hydrogen) atoms. The molecule has 0 aliphatic heterocycles. The lowest BCUT2D eigenvalue weighted by Gasteiger charge is -2.20. The van der Waals surface area contributed by atoms with E-state index in [4.69, 9.17) is 0 Å². The summed E-state index contributed by atoms with van der Waals surface area (Å²) in [4.78, 5) is 16.0. The number of hydrogen-bond acceptors (Lipinski definition) is 4. The van der Waals surface area contributed by atoms with E-state index in [1.54, 1.807) is 67.0 Å². The second-order valence-electron chi connectivity index (χ2n) is 7.67. The fourth-order valence-electron chi connectivity index (χ4n) is 4.09. The molecule has 4 aromatic heterocycles. The van der Waals surface area contributed by atoms with Gasteiger partial charge in [-0.2, -0.15) is 17.6 Å². The highest BCUT2D eigenvalue weighted by Gasteiger charge is 2.39. The first-order chi connectivity index (χ1) is 16.4. The van der Waals surface area contributed by atoms with Gasteiger partial charge in [-0.15, -0.1) is 0 Å². The van der Waals surface area contributed by atoms with Crippen molar-refractivity contribution in [3.8, 4) is 5.82 Å². The number of halogens is 4. The van der Waals surface area contributed by atoms with Gasteiger partial charge in [0, 0.05) is 36.3 Å². The Morgan fingerprint density at radius 2 is 1.62 bits per heavy atom. The van der Waals surface area contributed by atoms with Crippen LogP contribution in [0.1, 0.15) is 28.4 Å². The van der Waals surface area contributed by atoms with Crippen molar-refractivity contribution in [2.45, 2.75) is 18.5 Å². The molecule has 0 spiro atoms. The summed E-state index contributed by atoms with van der Waals surface area (Å²) in [6.07, 6.45) is 1.45. The quantitative estimate of drug-likeness (QED) is 0.246. The summed E-state index contributed by atoms with van der Waals surface area (Å²) >= 11 is 0. The molecule has 1 aromatic carbocycles. The number of fused-ring (bicyclic) bond motifs is 1. The fourth-order valence-corrected chi connectivity index (χ4v) is 4.09. The SMILES string of the molecule is Fc1ncccc1C(Cc1cccnc1-n1c(C(F)(F)F)nc2ccccc21)c1cccnc1. The third-order valence-corrected chi connectivity index (χ3v) is 5.57. The van der Waals surface area contributed by atoms with E-state index >= 15 is 0 Å². The number of hydrogen-bond donors (Lipinski definition) is 0. The van der Waals surface area contributed by atoms with Crippen LogP contribution in [0.5, 0.6) is 0 Å². The lowest BCUT2D eigenvalue weighted by Crippen LogP contribution is -2.17. The Hall–Kier alpha value is -4.14. The zero-order chi connectivity index (χ0) is 23.7. The summed E-state index contributed by atoms with van der Waals surface area (Å²) in [6, 6.07) is 16.5. The molecule has 1 atom stereocenters. The fraction of sp³-hybridized carbons (Fsp3) is 0.120. The Kier molecular flexibility index (Phi) is 5.53. The molecule has 4 heterocycles. The molecule has 0 amide bonds. The molecule has 0 fully saturated rings. The van der Waals surface area contributed by atoms with Crippen LogP contribution in [-0.2, 0) is 12.6 Å². The van der Waals surface area contributed by atoms with Crippen molar-refractivity contribution in [2.24, 2.45) is 0 Å². The zero-order valence-corrected chi connectivity index (χ0v) is 17.6. The molecule has 9 heteroatoms. The lowest BCUT2D eigenvalue weighted by atomic mass is 9.87. The number of aromatic nitrogens is 5. The molecular weight excluding hydrogens is 446 g/mol. The summed E-state index contributed by atoms with van der Waals surface area (Å²) in [5, 5.41) is 0. The van der Waals surface area contributed by atoms with Crippen LogP contribution >= 0.6 is 0 Å². The van der Waals surface area contributed by atoms with E-state index in [-0.39, 0.29) is 23.3 Å². The van der Waals surface area contributed by atoms with Crippen LogP contribution in [0.25, 0.3) is 16.9 Å². The van der Waals surface area contributed by atoms with Crippen LogP contribution in [0.4, 0.5) is 17.6 Å². The van der Waals surface area contributed by atoms with Gasteiger partial charge < -0.3 is 0 Å². The van der Waals surface area contributed by atoms with Crippen LogP contribution in [0, 0.1) is 5.95 Å². The van der Waals surface area contributed by atoms with E-state index in [1.165, 1.54) is 18.5 Å². The van der Waals surface area contributed by atoms with Crippen LogP contribution in [0.3, 0.4) is 0 Å². The van der Waals surface area contributed by atoms with E-state index in [9.17, 15) is 17.6 Å². The summed E-state index contributed by atoms with van der Waals surface area (Å²) < 4.78 is 57.7. The van der Waals surface area contributed by atoms with Crippen molar-refractivity contribution < 1.29 is 17.6 Å². The van der Waals surface area contributed by atoms with E-state index in [1.807, 2.05) is 0 Å². The molecule has 0 saturated carbocycles. The maximum Gasteiger partial charge on any atom is 0.450 e. The molecule has 0 bridgehead atoms. The van der Waals surface area contributed by atoms with Crippen molar-refractivity contribution in [3.63, 3.8) is 0 Å². The van der Waals surface area contributed by atoms with E-state index in [2.05, 4.69) is 19.9 Å². The third kappa shape index (κ3) is 4.00. The van der Waals surface area contributed by atoms with E-state index in [0.717, 1.165) is 4.57 Å². The lowest BCUT2D eigenvalue weighted by molar-refractivity contribution is -0.145. The predicted octanol–water partition coefficient (Wildman–Crippen LogP) is 5.74. The minimum Gasteiger partial charge on any atom is -0.272 e. The average Bonchev–Trinajstić information content (AvgIpc) is 3.24. The van der Waals surface area contributed by atoms with Gasteiger partial charge in [0.1, 0.15) is 5.82 Å². The topological polar surface area (TPSA) is 56.5 Å². The molecule has 5 rings (SSSR count). The molecule has 0 aliphatic carbocycles. The number of imidazole rings is 1. The first kappa shape index (κ1) is 21.7. The van der Waals surface area contributed by atoms with Crippen LogP contribution in [-0.4, -0.2) is 24.5 Å². The Labute approximate surface area is 191 Å². The second kappa shape index (κ2) is 8.66. The molecule has 1 unspecified atom stereocenters. The minimum absolute atomic E-state index is 0.0849. The van der Waals surface area contributed by atoms with Crippen molar-refractivity contribution in [3.05, 3.63) is 114 Å². The van der Waals surface area contributed by atoms with Gasteiger partial charge in [-0.3, -0.25) is 9.55 Å². The van der Waals surface area contributed by atoms with Gasteiger partial charge in [-0.1, -0.05) is 30.3 Å². The normalized spacial score (nSPS) is 12.7. The molecule has 0 aliphatic rings. The molecule has 0 N–H and O–H groups in total. The summed E-state index contributed by atoms with van der Waals surface area (Å²) in [5.74, 6) is -2.18. The first-order valence-corrected chi connectivity index (χ1v) is 10.4. The Balaban J connectivity index is 1.70. The maximum atomic E-state index is 14.7. The predicted molar refractivity (Wildman–Crippen MR) is 118 cm³/mol. The molecule has 170 valence electrons. The number of rotatable bonds is 5. The number of benzene rings is 1. The van der Waals surface area contributed by atoms with Crippen LogP contribution in [0.15, 0.2) is 85.5 Å². The summed E-state index contributed by atoms with van der Waals surface area (Å²) in [6.45, 7) is 0. The number of alkyl halides is 3. The standard InChI is InChI=1S/C25H17F4N5/c26-22-18(8-5-12-31-22)19(17-7-3-11-30-15-17)14-16-6-4-13-32-23(16)34-21-10-2-1-9-20(21)33-24(34)25(27,28)29/h1-13,15,19H,14H2. The molecule has 0 radical (unpaired) electrons. The molecule has 5 nitrogen and oxygen atoms in total. The largest absolute Gasteiger partial charge is 0.450 e. The Morgan fingerprint density at radius 3 is 2.38 bits per heavy atom. The van der Waals surface area contributed by atoms with Crippen molar-refractivity contribution in [1.29, 1.82) is 0 Å². The number of pyridine rings is 3. The van der Waals surface area contributed by atoms with Gasteiger partial charge in [0.15, 0.2) is 0 Å². The highest BCUT2D eigenvalue weighted by Crippen LogP contribution is 2.36. The van der Waals surface area contributed by atoms with Gasteiger partial charge in [0.2, 0.25) is 11.8 Å². The van der Waals surface area contributed by atoms with Crippen molar-refractivity contribution in [2.75, 3.05) is 0 Å². The van der Waals surface area contributed by atoms with E-state index < -0.39 is 23.9 Å². The monoisotopic (exact) mass is 463 g/mol. The summed E-state index contributed by atoms with van der Waals surface area (Å²) in [5.41, 5.74) is 2.00. The first-order valence-electron chi connectivity index (χ1n) is 10.4. The average molecular weight is 463 g/mol. The summed E-state index contributed by atoms with van der Waals surface area (Å²) in [7, 11) is 0. The minimum atomic E-state index is -4.70. The van der Waals surface area contributed by atoms with Gasteiger partial charge in [0.25, 0.3) is 0 Å². The Morgan fingerprint density at radius 1 is 0.853 bits per heavy atom. The van der Waals surface area contributed by atoms with Gasteiger partial charge in [0.05, 0.1) is 11.0 Å². The number of para-hydroxylation sites is 2. The van der Waals surface area contributed by atoms with Crippen LogP contribution in [0.2, 0.25) is 0 Å². The highest BCUT2D eigenvalue weighted by atomic mass is 19.4. The second-order valence-corrected chi connectivity index (χ2v) is 7.67. The van der Waals surface area contributed by atoms with Crippen molar-refractivity contribution >= 4 is 11.0 Å². The smallest absolute Gasteiger partial charge is 0.272 e. The Bertz CT molecular complexity index is 1450. The van der Waals surface area contributed by atoms with Gasteiger partial charge in [-0.25, -0.2) is 15.0 Å². The maximum absolute atomic E-state index is 14.7. The zero-order valence-electron chi connectivity index (χ0n) is 17.6. The van der Waals surface area contributed by atoms with Crippen LogP contribution < -0.4 is 0 Å². The highest BCUT2D eigenvalue weighted by molar-refractivity contribution is 5.78.